The maximum atomic E-state index is 12.8. The van der Waals surface area contributed by atoms with Crippen molar-refractivity contribution < 1.29 is 19.1 Å². The maximum Gasteiger partial charge on any atom is 0.255 e. The van der Waals surface area contributed by atoms with Gasteiger partial charge in [0.05, 0.1) is 0 Å². The maximum absolute atomic E-state index is 12.8. The van der Waals surface area contributed by atoms with E-state index in [0.29, 0.717) is 44.8 Å². The number of ether oxygens (including phenoxy) is 1. The largest absolute Gasteiger partial charge is 0.381 e. The van der Waals surface area contributed by atoms with Gasteiger partial charge in [-0.25, -0.2) is 0 Å². The number of nitrogens with two attached hydrogens (primary N) is 1. The lowest BCUT2D eigenvalue weighted by molar-refractivity contribution is -0.136. The number of imide groups is 1. The predicted octanol–water partition coefficient (Wildman–Crippen LogP) is 0.0451. The molecule has 2 fully saturated rings. The summed E-state index contributed by atoms with van der Waals surface area (Å²) in [5.74, 6) is -0.809. The minimum Gasteiger partial charge on any atom is -0.381 e. The Balaban J connectivity index is 1.45. The SMILES string of the molecule is NCC1(NCc2ccc3c(c2)CN(C2CCC(=O)NC2=O)C3=O)CCOCC1. The molecule has 3 aliphatic rings. The van der Waals surface area contributed by atoms with Crippen molar-refractivity contribution >= 4 is 17.7 Å². The second-order valence-corrected chi connectivity index (χ2v) is 7.84. The Morgan fingerprint density at radius 2 is 2.04 bits per heavy atom. The lowest BCUT2D eigenvalue weighted by Gasteiger charge is -2.37. The molecule has 0 spiro atoms. The average molecular weight is 386 g/mol. The summed E-state index contributed by atoms with van der Waals surface area (Å²) in [6.07, 6.45) is 2.41. The van der Waals surface area contributed by atoms with Gasteiger partial charge in [0.1, 0.15) is 6.04 Å². The van der Waals surface area contributed by atoms with E-state index in [1.165, 1.54) is 0 Å². The van der Waals surface area contributed by atoms with E-state index in [2.05, 4.69) is 10.6 Å². The highest BCUT2D eigenvalue weighted by atomic mass is 16.5. The van der Waals surface area contributed by atoms with Crippen LogP contribution in [0.3, 0.4) is 0 Å². The summed E-state index contributed by atoms with van der Waals surface area (Å²) in [6, 6.07) is 5.22. The molecular weight excluding hydrogens is 360 g/mol. The third-order valence-electron chi connectivity index (χ3n) is 6.10. The molecule has 8 nitrogen and oxygen atoms in total. The highest BCUT2D eigenvalue weighted by Crippen LogP contribution is 2.28. The Morgan fingerprint density at radius 3 is 2.75 bits per heavy atom. The Hall–Kier alpha value is -2.29. The minimum atomic E-state index is -0.582. The van der Waals surface area contributed by atoms with Gasteiger partial charge in [0.25, 0.3) is 5.91 Å². The first-order chi connectivity index (χ1) is 13.5. The van der Waals surface area contributed by atoms with E-state index in [9.17, 15) is 14.4 Å². The zero-order valence-electron chi connectivity index (χ0n) is 15.8. The van der Waals surface area contributed by atoms with E-state index in [1.54, 1.807) is 4.90 Å². The Morgan fingerprint density at radius 1 is 1.25 bits per heavy atom. The molecule has 0 saturated carbocycles. The van der Waals surface area contributed by atoms with E-state index in [-0.39, 0.29) is 29.7 Å². The van der Waals surface area contributed by atoms with Crippen molar-refractivity contribution in [3.05, 3.63) is 34.9 Å². The van der Waals surface area contributed by atoms with Crippen LogP contribution in [0, 0.1) is 0 Å². The van der Waals surface area contributed by atoms with Crippen LogP contribution in [0.25, 0.3) is 0 Å². The second kappa shape index (κ2) is 7.62. The molecule has 1 atom stereocenters. The van der Waals surface area contributed by atoms with Crippen LogP contribution in [0.15, 0.2) is 18.2 Å². The third kappa shape index (κ3) is 3.55. The summed E-state index contributed by atoms with van der Waals surface area (Å²) in [4.78, 5) is 37.8. The van der Waals surface area contributed by atoms with Crippen molar-refractivity contribution in [3.63, 3.8) is 0 Å². The van der Waals surface area contributed by atoms with E-state index in [0.717, 1.165) is 24.0 Å². The number of benzene rings is 1. The van der Waals surface area contributed by atoms with Gasteiger partial charge in [-0.15, -0.1) is 0 Å². The molecule has 1 aromatic rings. The number of carbonyl (C=O) groups excluding carboxylic acids is 3. The summed E-state index contributed by atoms with van der Waals surface area (Å²) in [5, 5.41) is 5.91. The van der Waals surface area contributed by atoms with Gasteiger partial charge in [-0.1, -0.05) is 12.1 Å². The molecule has 150 valence electrons. The first-order valence-corrected chi connectivity index (χ1v) is 9.81. The zero-order valence-corrected chi connectivity index (χ0v) is 15.8. The Bertz CT molecular complexity index is 803. The molecule has 2 saturated heterocycles. The summed E-state index contributed by atoms with van der Waals surface area (Å²) in [6.45, 7) is 3.04. The van der Waals surface area contributed by atoms with Gasteiger partial charge in [-0.3, -0.25) is 19.7 Å². The number of carbonyl (C=O) groups is 3. The first kappa shape index (κ1) is 19.0. The van der Waals surface area contributed by atoms with Gasteiger partial charge >= 0.3 is 0 Å². The molecule has 4 rings (SSSR count). The second-order valence-electron chi connectivity index (χ2n) is 7.84. The smallest absolute Gasteiger partial charge is 0.255 e. The predicted molar refractivity (Wildman–Crippen MR) is 101 cm³/mol. The van der Waals surface area contributed by atoms with E-state index in [1.807, 2.05) is 18.2 Å². The molecule has 0 radical (unpaired) electrons. The third-order valence-corrected chi connectivity index (χ3v) is 6.10. The molecule has 3 amide bonds. The van der Waals surface area contributed by atoms with Crippen LogP contribution in [0.2, 0.25) is 0 Å². The fourth-order valence-corrected chi connectivity index (χ4v) is 4.24. The lowest BCUT2D eigenvalue weighted by Crippen LogP contribution is -2.54. The molecule has 1 aromatic carbocycles. The van der Waals surface area contributed by atoms with Gasteiger partial charge in [0.15, 0.2) is 0 Å². The summed E-state index contributed by atoms with van der Waals surface area (Å²) in [5.41, 5.74) is 8.53. The van der Waals surface area contributed by atoms with Crippen molar-refractivity contribution in [2.45, 2.75) is 50.4 Å². The van der Waals surface area contributed by atoms with Gasteiger partial charge in [-0.2, -0.15) is 0 Å². The van der Waals surface area contributed by atoms with Gasteiger partial charge < -0.3 is 20.7 Å². The molecule has 4 N–H and O–H groups in total. The Kier molecular flexibility index (Phi) is 5.18. The minimum absolute atomic E-state index is 0.105. The number of nitrogens with one attached hydrogen (secondary N) is 2. The number of hydrogen-bond acceptors (Lipinski definition) is 6. The standard InChI is InChI=1S/C20H26N4O4/c21-12-20(5-7-28-8-6-20)22-10-13-1-2-15-14(9-13)11-24(19(15)27)16-3-4-17(25)23-18(16)26/h1-2,9,16,22H,3-8,10-12,21H2,(H,23,25,26). The fraction of sp³-hybridized carbons (Fsp3) is 0.550. The summed E-state index contributed by atoms with van der Waals surface area (Å²) in [7, 11) is 0. The molecule has 0 aromatic heterocycles. The van der Waals surface area contributed by atoms with Crippen LogP contribution in [-0.4, -0.2) is 54.0 Å². The number of amides is 3. The van der Waals surface area contributed by atoms with Crippen LogP contribution in [0.4, 0.5) is 0 Å². The van der Waals surface area contributed by atoms with Crippen molar-refractivity contribution in [2.75, 3.05) is 19.8 Å². The summed E-state index contributed by atoms with van der Waals surface area (Å²) < 4.78 is 5.44. The van der Waals surface area contributed by atoms with Crippen molar-refractivity contribution in [1.29, 1.82) is 0 Å². The zero-order chi connectivity index (χ0) is 19.7. The molecule has 8 heteroatoms. The number of nitrogens with zero attached hydrogens (tertiary/aromatic N) is 1. The highest BCUT2D eigenvalue weighted by molar-refractivity contribution is 6.05. The molecule has 0 aliphatic carbocycles. The monoisotopic (exact) mass is 386 g/mol. The normalized spacial score (nSPS) is 24.2. The molecular formula is C20H26N4O4. The topological polar surface area (TPSA) is 114 Å². The molecule has 0 bridgehead atoms. The number of hydrogen-bond donors (Lipinski definition) is 3. The van der Waals surface area contributed by atoms with Crippen molar-refractivity contribution in [1.82, 2.24) is 15.5 Å². The van der Waals surface area contributed by atoms with Crippen LogP contribution >= 0.6 is 0 Å². The fourth-order valence-electron chi connectivity index (χ4n) is 4.24. The van der Waals surface area contributed by atoms with Gasteiger partial charge in [0, 0.05) is 50.4 Å². The van der Waals surface area contributed by atoms with Crippen LogP contribution < -0.4 is 16.4 Å². The number of fused-ring (bicyclic) bond motifs is 1. The quantitative estimate of drug-likeness (QED) is 0.616. The van der Waals surface area contributed by atoms with E-state index >= 15 is 0 Å². The Labute approximate surface area is 163 Å². The number of rotatable bonds is 5. The molecule has 3 aliphatic heterocycles. The first-order valence-electron chi connectivity index (χ1n) is 9.81. The lowest BCUT2D eigenvalue weighted by atomic mass is 9.90. The summed E-state index contributed by atoms with van der Waals surface area (Å²) >= 11 is 0. The van der Waals surface area contributed by atoms with E-state index in [4.69, 9.17) is 10.5 Å². The number of piperidine rings is 1. The van der Waals surface area contributed by atoms with Gasteiger partial charge in [-0.05, 0) is 36.5 Å². The van der Waals surface area contributed by atoms with Crippen LogP contribution in [-0.2, 0) is 27.4 Å². The molecule has 1 unspecified atom stereocenters. The molecule has 28 heavy (non-hydrogen) atoms. The van der Waals surface area contributed by atoms with Crippen molar-refractivity contribution in [2.24, 2.45) is 5.73 Å². The molecule has 3 heterocycles. The average Bonchev–Trinajstić information content (AvgIpc) is 3.03. The van der Waals surface area contributed by atoms with Crippen LogP contribution in [0.1, 0.15) is 47.2 Å². The highest BCUT2D eigenvalue weighted by Gasteiger charge is 2.39. The van der Waals surface area contributed by atoms with Gasteiger partial charge in [0.2, 0.25) is 11.8 Å². The van der Waals surface area contributed by atoms with Crippen LogP contribution in [0.5, 0.6) is 0 Å². The van der Waals surface area contributed by atoms with Crippen molar-refractivity contribution in [3.8, 4) is 0 Å². The van der Waals surface area contributed by atoms with E-state index < -0.39 is 6.04 Å².